The van der Waals surface area contributed by atoms with Crippen LogP contribution in [0.3, 0.4) is 0 Å². The molecule has 102 valence electrons. The third-order valence-corrected chi connectivity index (χ3v) is 3.03. The Morgan fingerprint density at radius 2 is 2.16 bits per heavy atom. The number of nitrogens with zero attached hydrogens (tertiary/aromatic N) is 3. The summed E-state index contributed by atoms with van der Waals surface area (Å²) in [6.45, 7) is 3.89. The zero-order valence-corrected chi connectivity index (χ0v) is 11.3. The molecule has 6 heteroatoms. The van der Waals surface area contributed by atoms with Crippen LogP contribution < -0.4 is 10.5 Å². The van der Waals surface area contributed by atoms with Crippen LogP contribution in [0.2, 0.25) is 0 Å². The maximum absolute atomic E-state index is 5.81. The standard InChI is InChI=1S/C13H18N4O2/c1-8(9(2)14)13-16-11(17-19-13)6-10-4-5-12(18-3)15-7-10/h4-5,7-9H,6,14H2,1-3H3. The minimum atomic E-state index is -0.0176. The molecule has 0 spiro atoms. The molecule has 0 fully saturated rings. The summed E-state index contributed by atoms with van der Waals surface area (Å²) < 4.78 is 10.2. The first-order chi connectivity index (χ1) is 9.10. The molecule has 0 saturated heterocycles. The summed E-state index contributed by atoms with van der Waals surface area (Å²) in [4.78, 5) is 8.49. The summed E-state index contributed by atoms with van der Waals surface area (Å²) >= 11 is 0. The Kier molecular flexibility index (Phi) is 4.11. The van der Waals surface area contributed by atoms with Gasteiger partial charge in [-0.25, -0.2) is 4.98 Å². The molecule has 6 nitrogen and oxygen atoms in total. The summed E-state index contributed by atoms with van der Waals surface area (Å²) in [6, 6.07) is 3.72. The second kappa shape index (κ2) is 5.79. The van der Waals surface area contributed by atoms with Crippen molar-refractivity contribution in [1.82, 2.24) is 15.1 Å². The summed E-state index contributed by atoms with van der Waals surface area (Å²) in [5, 5.41) is 3.96. The highest BCUT2D eigenvalue weighted by Gasteiger charge is 2.17. The van der Waals surface area contributed by atoms with E-state index in [2.05, 4.69) is 15.1 Å². The van der Waals surface area contributed by atoms with Crippen molar-refractivity contribution >= 4 is 0 Å². The Balaban J connectivity index is 2.06. The lowest BCUT2D eigenvalue weighted by molar-refractivity contribution is 0.343. The summed E-state index contributed by atoms with van der Waals surface area (Å²) in [5.74, 6) is 1.85. The maximum Gasteiger partial charge on any atom is 0.231 e. The van der Waals surface area contributed by atoms with Crippen molar-refractivity contribution in [3.63, 3.8) is 0 Å². The molecule has 0 aliphatic heterocycles. The van der Waals surface area contributed by atoms with Crippen molar-refractivity contribution in [3.05, 3.63) is 35.6 Å². The average molecular weight is 262 g/mol. The molecule has 2 atom stereocenters. The summed E-state index contributed by atoms with van der Waals surface area (Å²) in [7, 11) is 1.59. The number of rotatable bonds is 5. The molecule has 2 aromatic heterocycles. The number of nitrogens with two attached hydrogens (primary N) is 1. The third-order valence-electron chi connectivity index (χ3n) is 3.03. The van der Waals surface area contributed by atoms with Crippen LogP contribution in [0.5, 0.6) is 5.88 Å². The highest BCUT2D eigenvalue weighted by atomic mass is 16.5. The predicted octanol–water partition coefficient (Wildman–Crippen LogP) is 1.51. The van der Waals surface area contributed by atoms with Crippen molar-refractivity contribution in [2.45, 2.75) is 32.2 Å². The van der Waals surface area contributed by atoms with Gasteiger partial charge in [-0.2, -0.15) is 4.98 Å². The third kappa shape index (κ3) is 3.29. The number of hydrogen-bond acceptors (Lipinski definition) is 6. The van der Waals surface area contributed by atoms with Crippen LogP contribution in [-0.2, 0) is 6.42 Å². The second-order valence-electron chi connectivity index (χ2n) is 4.58. The number of hydrogen-bond donors (Lipinski definition) is 1. The molecule has 2 unspecified atom stereocenters. The fourth-order valence-electron chi connectivity index (χ4n) is 1.57. The smallest absolute Gasteiger partial charge is 0.231 e. The Morgan fingerprint density at radius 3 is 2.74 bits per heavy atom. The van der Waals surface area contributed by atoms with Gasteiger partial charge in [0, 0.05) is 24.7 Å². The first kappa shape index (κ1) is 13.5. The van der Waals surface area contributed by atoms with Crippen LogP contribution in [0.4, 0.5) is 0 Å². The Bertz CT molecular complexity index is 522. The maximum atomic E-state index is 5.81. The van der Waals surface area contributed by atoms with Gasteiger partial charge in [-0.1, -0.05) is 18.1 Å². The van der Waals surface area contributed by atoms with Gasteiger partial charge in [-0.15, -0.1) is 0 Å². The fourth-order valence-corrected chi connectivity index (χ4v) is 1.57. The van der Waals surface area contributed by atoms with Gasteiger partial charge in [0.2, 0.25) is 11.8 Å². The molecule has 2 aromatic rings. The summed E-state index contributed by atoms with van der Waals surface area (Å²) in [5.41, 5.74) is 6.81. The van der Waals surface area contributed by atoms with E-state index in [0.29, 0.717) is 24.0 Å². The molecule has 0 amide bonds. The van der Waals surface area contributed by atoms with Gasteiger partial charge in [0.1, 0.15) is 0 Å². The lowest BCUT2D eigenvalue weighted by atomic mass is 10.1. The van der Waals surface area contributed by atoms with Crippen molar-refractivity contribution in [3.8, 4) is 5.88 Å². The Labute approximate surface area is 112 Å². The van der Waals surface area contributed by atoms with Gasteiger partial charge in [0.15, 0.2) is 5.82 Å². The largest absolute Gasteiger partial charge is 0.481 e. The number of aromatic nitrogens is 3. The SMILES string of the molecule is COc1ccc(Cc2noc(C(C)C(C)N)n2)cn1. The van der Waals surface area contributed by atoms with E-state index in [-0.39, 0.29) is 12.0 Å². The van der Waals surface area contributed by atoms with Gasteiger partial charge in [-0.3, -0.25) is 0 Å². The van der Waals surface area contributed by atoms with Crippen molar-refractivity contribution in [2.24, 2.45) is 5.73 Å². The predicted molar refractivity (Wildman–Crippen MR) is 70.0 cm³/mol. The molecular formula is C13H18N4O2. The zero-order valence-electron chi connectivity index (χ0n) is 11.3. The molecule has 2 N–H and O–H groups in total. The van der Waals surface area contributed by atoms with Crippen LogP contribution in [0, 0.1) is 0 Å². The second-order valence-corrected chi connectivity index (χ2v) is 4.58. The molecule has 0 bridgehead atoms. The van der Waals surface area contributed by atoms with Crippen LogP contribution in [0.15, 0.2) is 22.9 Å². The van der Waals surface area contributed by atoms with Crippen molar-refractivity contribution in [1.29, 1.82) is 0 Å². The fraction of sp³-hybridized carbons (Fsp3) is 0.462. The Hall–Kier alpha value is -1.95. The van der Waals surface area contributed by atoms with Gasteiger partial charge in [0.25, 0.3) is 0 Å². The lowest BCUT2D eigenvalue weighted by Gasteiger charge is -2.09. The van der Waals surface area contributed by atoms with E-state index in [1.54, 1.807) is 19.4 Å². The van der Waals surface area contributed by atoms with E-state index in [1.165, 1.54) is 0 Å². The molecule has 19 heavy (non-hydrogen) atoms. The molecule has 2 heterocycles. The first-order valence-electron chi connectivity index (χ1n) is 6.17. The Morgan fingerprint density at radius 1 is 1.37 bits per heavy atom. The van der Waals surface area contributed by atoms with Gasteiger partial charge in [-0.05, 0) is 12.5 Å². The highest BCUT2D eigenvalue weighted by Crippen LogP contribution is 2.17. The minimum absolute atomic E-state index is 0.0176. The first-order valence-corrected chi connectivity index (χ1v) is 6.17. The van der Waals surface area contributed by atoms with Gasteiger partial charge < -0.3 is 15.0 Å². The normalized spacial score (nSPS) is 14.1. The quantitative estimate of drug-likeness (QED) is 0.879. The van der Waals surface area contributed by atoms with E-state index in [4.69, 9.17) is 15.0 Å². The van der Waals surface area contributed by atoms with Gasteiger partial charge >= 0.3 is 0 Å². The van der Waals surface area contributed by atoms with Crippen LogP contribution in [0.1, 0.15) is 37.0 Å². The molecule has 2 rings (SSSR count). The lowest BCUT2D eigenvalue weighted by Crippen LogP contribution is -2.22. The number of pyridine rings is 1. The molecule has 0 aromatic carbocycles. The molecule has 0 aliphatic carbocycles. The van der Waals surface area contributed by atoms with Gasteiger partial charge in [0.05, 0.1) is 13.0 Å². The summed E-state index contributed by atoms with van der Waals surface area (Å²) in [6.07, 6.45) is 2.32. The monoisotopic (exact) mass is 262 g/mol. The topological polar surface area (TPSA) is 87.1 Å². The van der Waals surface area contributed by atoms with E-state index >= 15 is 0 Å². The zero-order chi connectivity index (χ0) is 13.8. The van der Waals surface area contributed by atoms with E-state index in [9.17, 15) is 0 Å². The number of methoxy groups -OCH3 is 1. The minimum Gasteiger partial charge on any atom is -0.481 e. The van der Waals surface area contributed by atoms with Crippen LogP contribution >= 0.6 is 0 Å². The van der Waals surface area contributed by atoms with Crippen molar-refractivity contribution in [2.75, 3.05) is 7.11 Å². The van der Waals surface area contributed by atoms with E-state index < -0.39 is 0 Å². The average Bonchev–Trinajstić information content (AvgIpc) is 2.87. The molecule has 0 radical (unpaired) electrons. The van der Waals surface area contributed by atoms with Crippen molar-refractivity contribution < 1.29 is 9.26 Å². The molecule has 0 aliphatic rings. The van der Waals surface area contributed by atoms with E-state index in [1.807, 2.05) is 19.9 Å². The molecule has 0 saturated carbocycles. The van der Waals surface area contributed by atoms with Crippen LogP contribution in [0.25, 0.3) is 0 Å². The van der Waals surface area contributed by atoms with Crippen LogP contribution in [-0.4, -0.2) is 28.3 Å². The highest BCUT2D eigenvalue weighted by molar-refractivity contribution is 5.20. The molecular weight excluding hydrogens is 244 g/mol. The number of ether oxygens (including phenoxy) is 1. The van der Waals surface area contributed by atoms with E-state index in [0.717, 1.165) is 5.56 Å².